The van der Waals surface area contributed by atoms with Crippen LogP contribution in [0.3, 0.4) is 0 Å². The number of hydrogen-bond donors (Lipinski definition) is 0. The van der Waals surface area contributed by atoms with Crippen molar-refractivity contribution in [1.29, 1.82) is 0 Å². The first-order valence-corrected chi connectivity index (χ1v) is 10.7. The fourth-order valence-electron chi connectivity index (χ4n) is 1.90. The molecule has 1 nitrogen and oxygen atoms in total. The summed E-state index contributed by atoms with van der Waals surface area (Å²) in [5.74, 6) is 0.971. The van der Waals surface area contributed by atoms with Gasteiger partial charge in [-0.25, -0.2) is 0 Å². The summed E-state index contributed by atoms with van der Waals surface area (Å²) in [6.45, 7) is 11.4. The zero-order chi connectivity index (χ0) is 16.2. The Labute approximate surface area is 135 Å². The summed E-state index contributed by atoms with van der Waals surface area (Å²) in [7, 11) is -1.87. The molecule has 0 fully saturated rings. The van der Waals surface area contributed by atoms with Crippen molar-refractivity contribution in [2.75, 3.05) is 0 Å². The Bertz CT molecular complexity index is 622. The molecule has 0 aliphatic carbocycles. The highest BCUT2D eigenvalue weighted by atomic mass is 28.4. The van der Waals surface area contributed by atoms with E-state index < -0.39 is 8.32 Å². The van der Waals surface area contributed by atoms with Crippen molar-refractivity contribution < 1.29 is 4.43 Å². The Balaban J connectivity index is 2.42. The average molecular weight is 311 g/mol. The molecule has 0 saturated carbocycles. The summed E-state index contributed by atoms with van der Waals surface area (Å²) in [6, 6.07) is 20.7. The molecule has 2 aromatic rings. The van der Waals surface area contributed by atoms with Gasteiger partial charge < -0.3 is 4.43 Å². The van der Waals surface area contributed by atoms with Gasteiger partial charge in [-0.1, -0.05) is 81.4 Å². The van der Waals surface area contributed by atoms with E-state index in [2.05, 4.69) is 88.5 Å². The van der Waals surface area contributed by atoms with Gasteiger partial charge >= 0.3 is 0 Å². The Morgan fingerprint density at radius 1 is 0.864 bits per heavy atom. The molecule has 0 aliphatic heterocycles. The SMILES string of the molecule is CC(C)(C)[Si](C)(C)OC(=Cc1ccccc1)c1ccccc1. The Morgan fingerprint density at radius 3 is 1.86 bits per heavy atom. The minimum Gasteiger partial charge on any atom is -0.543 e. The highest BCUT2D eigenvalue weighted by molar-refractivity contribution is 6.74. The largest absolute Gasteiger partial charge is 0.543 e. The van der Waals surface area contributed by atoms with Gasteiger partial charge in [0.05, 0.1) is 0 Å². The van der Waals surface area contributed by atoms with Gasteiger partial charge in [0, 0.05) is 5.56 Å². The maximum Gasteiger partial charge on any atom is 0.250 e. The molecular weight excluding hydrogens is 284 g/mol. The van der Waals surface area contributed by atoms with Crippen LogP contribution >= 0.6 is 0 Å². The van der Waals surface area contributed by atoms with Crippen molar-refractivity contribution in [3.63, 3.8) is 0 Å². The van der Waals surface area contributed by atoms with E-state index in [0.29, 0.717) is 0 Å². The molecule has 2 aromatic carbocycles. The molecule has 0 N–H and O–H groups in total. The van der Waals surface area contributed by atoms with E-state index in [-0.39, 0.29) is 5.04 Å². The summed E-state index contributed by atoms with van der Waals surface area (Å²) in [6.07, 6.45) is 2.15. The normalized spacial score (nSPS) is 13.0. The van der Waals surface area contributed by atoms with Crippen molar-refractivity contribution in [2.24, 2.45) is 0 Å². The molecule has 0 amide bonds. The lowest BCUT2D eigenvalue weighted by atomic mass is 10.1. The van der Waals surface area contributed by atoms with Crippen molar-refractivity contribution in [2.45, 2.75) is 38.9 Å². The lowest BCUT2D eigenvalue weighted by molar-refractivity contribution is 0.460. The predicted molar refractivity (Wildman–Crippen MR) is 99.0 cm³/mol. The molecular formula is C20H26OSi. The standard InChI is InChI=1S/C20H26OSi/c1-20(2,3)22(4,5)21-19(18-14-10-7-11-15-18)16-17-12-8-6-9-13-17/h6-16H,1-5H3. The van der Waals surface area contributed by atoms with Crippen LogP contribution in [0, 0.1) is 0 Å². The highest BCUT2D eigenvalue weighted by Crippen LogP contribution is 2.39. The van der Waals surface area contributed by atoms with Crippen LogP contribution in [0.4, 0.5) is 0 Å². The van der Waals surface area contributed by atoms with Crippen LogP contribution in [0.15, 0.2) is 60.7 Å². The predicted octanol–water partition coefficient (Wildman–Crippen LogP) is 6.21. The van der Waals surface area contributed by atoms with Crippen molar-refractivity contribution >= 4 is 20.2 Å². The molecule has 0 saturated heterocycles. The van der Waals surface area contributed by atoms with Gasteiger partial charge in [-0.15, -0.1) is 0 Å². The lowest BCUT2D eigenvalue weighted by Crippen LogP contribution is -2.40. The monoisotopic (exact) mass is 310 g/mol. The summed E-state index contributed by atoms with van der Waals surface area (Å²) in [5, 5.41) is 0.178. The first-order chi connectivity index (χ1) is 10.3. The quantitative estimate of drug-likeness (QED) is 0.371. The van der Waals surface area contributed by atoms with Gasteiger partial charge in [-0.3, -0.25) is 0 Å². The second-order valence-corrected chi connectivity index (χ2v) is 11.9. The maximum absolute atomic E-state index is 6.59. The molecule has 0 heterocycles. The molecule has 0 unspecified atom stereocenters. The Morgan fingerprint density at radius 2 is 1.36 bits per heavy atom. The molecule has 0 spiro atoms. The molecule has 2 rings (SSSR count). The average Bonchev–Trinajstić information content (AvgIpc) is 2.47. The third-order valence-corrected chi connectivity index (χ3v) is 8.67. The summed E-state index contributed by atoms with van der Waals surface area (Å²) >= 11 is 0. The van der Waals surface area contributed by atoms with Crippen LogP contribution in [0.5, 0.6) is 0 Å². The summed E-state index contributed by atoms with van der Waals surface area (Å²) < 4.78 is 6.59. The van der Waals surface area contributed by atoms with E-state index in [4.69, 9.17) is 4.43 Å². The number of benzene rings is 2. The molecule has 0 aromatic heterocycles. The third kappa shape index (κ3) is 4.11. The molecule has 0 atom stereocenters. The topological polar surface area (TPSA) is 9.23 Å². The first kappa shape index (κ1) is 16.6. The van der Waals surface area contributed by atoms with Crippen LogP contribution in [0.1, 0.15) is 31.9 Å². The molecule has 2 heteroatoms. The van der Waals surface area contributed by atoms with Gasteiger partial charge in [-0.2, -0.15) is 0 Å². The zero-order valence-corrected chi connectivity index (χ0v) is 15.3. The molecule has 116 valence electrons. The van der Waals surface area contributed by atoms with E-state index in [1.807, 2.05) is 12.1 Å². The molecule has 0 bridgehead atoms. The van der Waals surface area contributed by atoms with Gasteiger partial charge in [0.25, 0.3) is 8.32 Å². The van der Waals surface area contributed by atoms with E-state index in [9.17, 15) is 0 Å². The molecule has 22 heavy (non-hydrogen) atoms. The third-order valence-electron chi connectivity index (χ3n) is 4.33. The lowest BCUT2D eigenvalue weighted by Gasteiger charge is -2.37. The van der Waals surface area contributed by atoms with Crippen LogP contribution < -0.4 is 0 Å². The van der Waals surface area contributed by atoms with E-state index in [1.54, 1.807) is 0 Å². The fraction of sp³-hybridized carbons (Fsp3) is 0.300. The van der Waals surface area contributed by atoms with E-state index in [0.717, 1.165) is 11.3 Å². The van der Waals surface area contributed by atoms with Crippen molar-refractivity contribution in [3.05, 3.63) is 71.8 Å². The first-order valence-electron chi connectivity index (χ1n) is 7.81. The van der Waals surface area contributed by atoms with Gasteiger partial charge in [0.2, 0.25) is 0 Å². The number of rotatable bonds is 4. The Kier molecular flexibility index (Phi) is 4.92. The van der Waals surface area contributed by atoms with Crippen molar-refractivity contribution in [3.8, 4) is 0 Å². The van der Waals surface area contributed by atoms with Crippen LogP contribution in [0.25, 0.3) is 11.8 Å². The summed E-state index contributed by atoms with van der Waals surface area (Å²) in [5.41, 5.74) is 2.30. The Hall–Kier alpha value is -1.80. The number of hydrogen-bond acceptors (Lipinski definition) is 1. The van der Waals surface area contributed by atoms with Gasteiger partial charge in [0.1, 0.15) is 5.76 Å². The highest BCUT2D eigenvalue weighted by Gasteiger charge is 2.39. The van der Waals surface area contributed by atoms with Gasteiger partial charge in [0.15, 0.2) is 0 Å². The second-order valence-electron chi connectivity index (χ2n) is 7.15. The minimum absolute atomic E-state index is 0.178. The summed E-state index contributed by atoms with van der Waals surface area (Å²) in [4.78, 5) is 0. The maximum atomic E-state index is 6.59. The fourth-order valence-corrected chi connectivity index (χ4v) is 2.94. The minimum atomic E-state index is -1.87. The van der Waals surface area contributed by atoms with Crippen molar-refractivity contribution in [1.82, 2.24) is 0 Å². The smallest absolute Gasteiger partial charge is 0.250 e. The van der Waals surface area contributed by atoms with E-state index >= 15 is 0 Å². The zero-order valence-electron chi connectivity index (χ0n) is 14.3. The second kappa shape index (κ2) is 6.53. The molecule has 0 radical (unpaired) electrons. The van der Waals surface area contributed by atoms with Crippen LogP contribution in [0.2, 0.25) is 18.1 Å². The van der Waals surface area contributed by atoms with Crippen LogP contribution in [-0.2, 0) is 4.43 Å². The van der Waals surface area contributed by atoms with Gasteiger partial charge in [-0.05, 0) is 29.8 Å². The molecule has 0 aliphatic rings. The van der Waals surface area contributed by atoms with E-state index in [1.165, 1.54) is 5.56 Å². The van der Waals surface area contributed by atoms with Crippen LogP contribution in [-0.4, -0.2) is 8.32 Å².